The van der Waals surface area contributed by atoms with Crippen LogP contribution in [0.15, 0.2) is 16.6 Å². The summed E-state index contributed by atoms with van der Waals surface area (Å²) in [6.45, 7) is 7.19. The Balaban J connectivity index is 1.78. The highest BCUT2D eigenvalue weighted by Crippen LogP contribution is 2.35. The summed E-state index contributed by atoms with van der Waals surface area (Å²) in [6.07, 6.45) is 5.39. The fourth-order valence-electron chi connectivity index (χ4n) is 3.14. The molecule has 0 radical (unpaired) electrons. The van der Waals surface area contributed by atoms with E-state index in [0.29, 0.717) is 31.0 Å². The van der Waals surface area contributed by atoms with Crippen molar-refractivity contribution in [1.29, 1.82) is 0 Å². The minimum atomic E-state index is -0.116. The molecule has 6 nitrogen and oxygen atoms in total. The molecule has 3 N–H and O–H groups in total. The second kappa shape index (κ2) is 8.79. The number of aliphatic imine (C=N–C) groups is 1. The van der Waals surface area contributed by atoms with E-state index in [9.17, 15) is 4.79 Å². The summed E-state index contributed by atoms with van der Waals surface area (Å²) in [5, 5.41) is 4.76. The third kappa shape index (κ3) is 4.52. The van der Waals surface area contributed by atoms with Crippen molar-refractivity contribution in [3.8, 4) is 0 Å². The van der Waals surface area contributed by atoms with Gasteiger partial charge in [-0.15, -0.1) is 11.3 Å². The summed E-state index contributed by atoms with van der Waals surface area (Å²) in [5.74, 6) is 1.14. The molecule has 0 saturated carbocycles. The van der Waals surface area contributed by atoms with Gasteiger partial charge < -0.3 is 11.1 Å². The third-order valence-electron chi connectivity index (χ3n) is 4.61. The Morgan fingerprint density at radius 2 is 2.27 bits per heavy atom. The van der Waals surface area contributed by atoms with Gasteiger partial charge in [0.25, 0.3) is 5.91 Å². The first-order chi connectivity index (χ1) is 12.6. The van der Waals surface area contributed by atoms with Crippen LogP contribution in [0.5, 0.6) is 0 Å². The van der Waals surface area contributed by atoms with Gasteiger partial charge in [0.1, 0.15) is 5.84 Å². The lowest BCUT2D eigenvalue weighted by Crippen LogP contribution is -2.41. The number of thiophene rings is 1. The number of hydrogen-bond donors (Lipinski definition) is 2. The van der Waals surface area contributed by atoms with Crippen LogP contribution in [0.1, 0.15) is 42.9 Å². The summed E-state index contributed by atoms with van der Waals surface area (Å²) in [5.41, 5.74) is 7.61. The van der Waals surface area contributed by atoms with E-state index in [0.717, 1.165) is 42.4 Å². The summed E-state index contributed by atoms with van der Waals surface area (Å²) in [6, 6.07) is 2.12. The molecule has 26 heavy (non-hydrogen) atoms. The van der Waals surface area contributed by atoms with Gasteiger partial charge in [-0.3, -0.25) is 9.63 Å². The SMILES string of the molecule is CCCN(OCC)C(=O)C1=Cc2sc(CCC3CNC3)cc2N=C(N)C1. The van der Waals surface area contributed by atoms with Crippen LogP contribution in [-0.2, 0) is 16.1 Å². The molecule has 0 bridgehead atoms. The lowest BCUT2D eigenvalue weighted by Gasteiger charge is -2.26. The topological polar surface area (TPSA) is 80.0 Å². The van der Waals surface area contributed by atoms with Gasteiger partial charge in [-0.05, 0) is 57.3 Å². The van der Waals surface area contributed by atoms with E-state index in [-0.39, 0.29) is 5.91 Å². The van der Waals surface area contributed by atoms with Crippen LogP contribution in [0.2, 0.25) is 0 Å². The van der Waals surface area contributed by atoms with Crippen LogP contribution in [0.3, 0.4) is 0 Å². The van der Waals surface area contributed by atoms with Crippen LogP contribution >= 0.6 is 11.3 Å². The van der Waals surface area contributed by atoms with Crippen molar-refractivity contribution in [1.82, 2.24) is 10.4 Å². The van der Waals surface area contributed by atoms with Crippen molar-refractivity contribution in [2.24, 2.45) is 16.6 Å². The molecule has 1 fully saturated rings. The first kappa shape index (κ1) is 19.1. The minimum Gasteiger partial charge on any atom is -0.387 e. The zero-order valence-corrected chi connectivity index (χ0v) is 16.4. The highest BCUT2D eigenvalue weighted by atomic mass is 32.1. The predicted molar refractivity (Wildman–Crippen MR) is 107 cm³/mol. The third-order valence-corrected chi connectivity index (χ3v) is 5.74. The number of nitrogens with one attached hydrogen (secondary N) is 1. The summed E-state index contributed by atoms with van der Waals surface area (Å²) >= 11 is 1.72. The Labute approximate surface area is 159 Å². The second-order valence-corrected chi connectivity index (χ2v) is 7.97. The monoisotopic (exact) mass is 376 g/mol. The molecule has 1 amide bonds. The van der Waals surface area contributed by atoms with Crippen molar-refractivity contribution in [3.05, 3.63) is 21.4 Å². The molecular formula is C19H28N4O2S. The number of carbonyl (C=O) groups excluding carboxylic acids is 1. The fourth-order valence-corrected chi connectivity index (χ4v) is 4.22. The van der Waals surface area contributed by atoms with Crippen molar-refractivity contribution in [2.45, 2.75) is 39.5 Å². The van der Waals surface area contributed by atoms with Crippen molar-refractivity contribution >= 4 is 34.8 Å². The largest absolute Gasteiger partial charge is 0.387 e. The molecule has 2 aliphatic heterocycles. The molecule has 0 atom stereocenters. The number of carbonyl (C=O) groups is 1. The molecule has 3 rings (SSSR count). The zero-order valence-electron chi connectivity index (χ0n) is 15.6. The van der Waals surface area contributed by atoms with E-state index in [1.807, 2.05) is 19.9 Å². The maximum absolute atomic E-state index is 12.9. The van der Waals surface area contributed by atoms with E-state index >= 15 is 0 Å². The average molecular weight is 377 g/mol. The van der Waals surface area contributed by atoms with Gasteiger partial charge in [0, 0.05) is 23.4 Å². The number of rotatable bonds is 8. The molecule has 7 heteroatoms. The van der Waals surface area contributed by atoms with Crippen LogP contribution in [0.25, 0.3) is 6.08 Å². The summed E-state index contributed by atoms with van der Waals surface area (Å²) in [7, 11) is 0. The van der Waals surface area contributed by atoms with Crippen molar-refractivity contribution in [3.63, 3.8) is 0 Å². The Hall–Kier alpha value is -1.70. The van der Waals surface area contributed by atoms with Crippen LogP contribution in [0.4, 0.5) is 5.69 Å². The van der Waals surface area contributed by atoms with E-state index < -0.39 is 0 Å². The molecule has 2 aliphatic rings. The van der Waals surface area contributed by atoms with Gasteiger partial charge in [-0.1, -0.05) is 6.92 Å². The number of amidine groups is 1. The molecule has 0 aliphatic carbocycles. The minimum absolute atomic E-state index is 0.116. The van der Waals surface area contributed by atoms with Crippen LogP contribution < -0.4 is 11.1 Å². The van der Waals surface area contributed by atoms with Gasteiger partial charge in [-0.25, -0.2) is 10.1 Å². The fraction of sp³-hybridized carbons (Fsp3) is 0.579. The molecule has 0 spiro atoms. The summed E-state index contributed by atoms with van der Waals surface area (Å²) < 4.78 is 0. The molecule has 1 saturated heterocycles. The number of aryl methyl sites for hydroxylation is 1. The molecule has 0 unspecified atom stereocenters. The van der Waals surface area contributed by atoms with Gasteiger partial charge in [0.2, 0.25) is 0 Å². The number of nitrogens with two attached hydrogens (primary N) is 1. The second-order valence-electron chi connectivity index (χ2n) is 6.80. The average Bonchev–Trinajstić information content (AvgIpc) is 2.86. The van der Waals surface area contributed by atoms with Gasteiger partial charge in [0.05, 0.1) is 17.2 Å². The molecule has 3 heterocycles. The Morgan fingerprint density at radius 3 is 2.92 bits per heavy atom. The number of hydrogen-bond acceptors (Lipinski definition) is 6. The van der Waals surface area contributed by atoms with E-state index in [2.05, 4.69) is 16.4 Å². The quantitative estimate of drug-likeness (QED) is 0.684. The van der Waals surface area contributed by atoms with Gasteiger partial charge >= 0.3 is 0 Å². The maximum atomic E-state index is 12.9. The highest BCUT2D eigenvalue weighted by Gasteiger charge is 2.23. The molecule has 0 aromatic carbocycles. The van der Waals surface area contributed by atoms with Crippen LogP contribution in [-0.4, -0.2) is 43.0 Å². The normalized spacial score (nSPS) is 17.0. The number of amides is 1. The van der Waals surface area contributed by atoms with Crippen molar-refractivity contribution in [2.75, 3.05) is 26.2 Å². The smallest absolute Gasteiger partial charge is 0.273 e. The van der Waals surface area contributed by atoms with E-state index in [1.165, 1.54) is 16.4 Å². The van der Waals surface area contributed by atoms with Crippen LogP contribution in [0, 0.1) is 5.92 Å². The lowest BCUT2D eigenvalue weighted by molar-refractivity contribution is -0.180. The first-order valence-corrected chi connectivity index (χ1v) is 10.2. The van der Waals surface area contributed by atoms with E-state index in [1.54, 1.807) is 11.3 Å². The Bertz CT molecular complexity index is 700. The zero-order chi connectivity index (χ0) is 18.5. The first-order valence-electron chi connectivity index (χ1n) is 9.42. The molecule has 1 aromatic heterocycles. The molecule has 142 valence electrons. The molecule has 1 aromatic rings. The van der Waals surface area contributed by atoms with Crippen molar-refractivity contribution < 1.29 is 9.63 Å². The summed E-state index contributed by atoms with van der Waals surface area (Å²) in [4.78, 5) is 25.2. The standard InChI is InChI=1S/C19H28N4O2S/c1-3-7-23(25-4-2)19(24)14-8-17-16(22-18(20)9-14)10-15(26-17)6-5-13-11-21-12-13/h8,10,13,21H,3-7,9,11-12H2,1-2H3,(H2,20,22). The highest BCUT2D eigenvalue weighted by molar-refractivity contribution is 7.13. The van der Waals surface area contributed by atoms with Gasteiger partial charge in [0.15, 0.2) is 0 Å². The molecular weight excluding hydrogens is 348 g/mol. The number of hydroxylamine groups is 2. The number of nitrogens with zero attached hydrogens (tertiary/aromatic N) is 2. The lowest BCUT2D eigenvalue weighted by atomic mass is 9.97. The predicted octanol–water partition coefficient (Wildman–Crippen LogP) is 2.87. The van der Waals surface area contributed by atoms with E-state index in [4.69, 9.17) is 10.6 Å². The number of fused-ring (bicyclic) bond motifs is 1. The van der Waals surface area contributed by atoms with Gasteiger partial charge in [-0.2, -0.15) is 0 Å². The Morgan fingerprint density at radius 1 is 1.46 bits per heavy atom. The Kier molecular flexibility index (Phi) is 6.45. The maximum Gasteiger partial charge on any atom is 0.273 e.